The van der Waals surface area contributed by atoms with Crippen molar-refractivity contribution in [2.45, 2.75) is 6.92 Å². The Bertz CT molecular complexity index is 449. The lowest BCUT2D eigenvalue weighted by Crippen LogP contribution is -1.93. The lowest BCUT2D eigenvalue weighted by molar-refractivity contribution is 1.16. The lowest BCUT2D eigenvalue weighted by Gasteiger charge is -1.95. The van der Waals surface area contributed by atoms with Crippen LogP contribution in [0.15, 0.2) is 35.1 Å². The van der Waals surface area contributed by atoms with Gasteiger partial charge in [0, 0.05) is 17.3 Å². The number of aromatic nitrogens is 2. The predicted octanol–water partition coefficient (Wildman–Crippen LogP) is 2.29. The van der Waals surface area contributed by atoms with Crippen LogP contribution >= 0.6 is 11.3 Å². The average Bonchev–Trinajstić information content (AvgIpc) is 2.66. The fourth-order valence-corrected chi connectivity index (χ4v) is 1.82. The third-order valence-electron chi connectivity index (χ3n) is 1.83. The summed E-state index contributed by atoms with van der Waals surface area (Å²) in [6.07, 6.45) is 6.65. The maximum absolute atomic E-state index is 4.08. The maximum atomic E-state index is 4.08. The van der Waals surface area contributed by atoms with E-state index in [9.17, 15) is 0 Å². The van der Waals surface area contributed by atoms with Crippen LogP contribution in [0.1, 0.15) is 10.4 Å². The molecule has 0 bridgehead atoms. The first-order chi connectivity index (χ1) is 7.36. The molecule has 0 fully saturated rings. The normalized spacial score (nSPS) is 10.7. The molecule has 0 aromatic carbocycles. The fraction of sp³-hybridized carbons (Fsp3) is 0.100. The van der Waals surface area contributed by atoms with Gasteiger partial charge in [-0.15, -0.1) is 11.3 Å². The van der Waals surface area contributed by atoms with Gasteiger partial charge in [-0.2, -0.15) is 5.10 Å². The fourth-order valence-electron chi connectivity index (χ4n) is 1.03. The van der Waals surface area contributed by atoms with Crippen molar-refractivity contribution in [3.05, 3.63) is 40.5 Å². The van der Waals surface area contributed by atoms with E-state index in [1.807, 2.05) is 5.38 Å². The first-order valence-corrected chi connectivity index (χ1v) is 5.33. The van der Waals surface area contributed by atoms with Crippen LogP contribution in [0.25, 0.3) is 0 Å². The van der Waals surface area contributed by atoms with Crippen LogP contribution in [0.3, 0.4) is 0 Å². The zero-order chi connectivity index (χ0) is 10.5. The van der Waals surface area contributed by atoms with E-state index in [1.165, 1.54) is 5.56 Å². The van der Waals surface area contributed by atoms with Gasteiger partial charge < -0.3 is 0 Å². The zero-order valence-electron chi connectivity index (χ0n) is 8.21. The minimum Gasteiger partial charge on any atom is -0.260 e. The smallest absolute Gasteiger partial charge is 0.164 e. The molecule has 0 saturated heterocycles. The summed E-state index contributed by atoms with van der Waals surface area (Å²) < 4.78 is 0. The Balaban J connectivity index is 2.00. The van der Waals surface area contributed by atoms with Crippen LogP contribution in [0.4, 0.5) is 5.82 Å². The molecule has 0 saturated carbocycles. The standard InChI is InChI=1S/C10H10N4S/c1-8-2-5-15-9(8)6-13-14-10-7-11-3-4-12-10/h2-7H,1H3,(H,12,14)/b13-6+. The molecule has 76 valence electrons. The molecule has 0 amide bonds. The van der Waals surface area contributed by atoms with Crippen molar-refractivity contribution >= 4 is 23.4 Å². The average molecular weight is 218 g/mol. The molecule has 0 aliphatic rings. The molecule has 4 nitrogen and oxygen atoms in total. The van der Waals surface area contributed by atoms with Crippen LogP contribution in [0.5, 0.6) is 0 Å². The zero-order valence-corrected chi connectivity index (χ0v) is 9.03. The van der Waals surface area contributed by atoms with Gasteiger partial charge in [-0.1, -0.05) is 0 Å². The Morgan fingerprint density at radius 1 is 1.47 bits per heavy atom. The number of hydrogen-bond acceptors (Lipinski definition) is 5. The van der Waals surface area contributed by atoms with Gasteiger partial charge in [-0.25, -0.2) is 4.98 Å². The quantitative estimate of drug-likeness (QED) is 0.635. The highest BCUT2D eigenvalue weighted by atomic mass is 32.1. The van der Waals surface area contributed by atoms with E-state index in [-0.39, 0.29) is 0 Å². The van der Waals surface area contributed by atoms with E-state index >= 15 is 0 Å². The van der Waals surface area contributed by atoms with Crippen LogP contribution < -0.4 is 5.43 Å². The summed E-state index contributed by atoms with van der Waals surface area (Å²) in [5, 5.41) is 6.12. The molecule has 0 atom stereocenters. The van der Waals surface area contributed by atoms with Crippen LogP contribution in [0, 0.1) is 6.92 Å². The Morgan fingerprint density at radius 2 is 2.40 bits per heavy atom. The van der Waals surface area contributed by atoms with Crippen LogP contribution in [0.2, 0.25) is 0 Å². The van der Waals surface area contributed by atoms with Crippen molar-refractivity contribution in [1.29, 1.82) is 0 Å². The predicted molar refractivity (Wildman–Crippen MR) is 62.3 cm³/mol. The highest BCUT2D eigenvalue weighted by Gasteiger charge is 1.94. The molecule has 1 N–H and O–H groups in total. The number of nitrogens with zero attached hydrogens (tertiary/aromatic N) is 3. The highest BCUT2D eigenvalue weighted by Crippen LogP contribution is 2.12. The number of hydrazone groups is 1. The first-order valence-electron chi connectivity index (χ1n) is 4.45. The van der Waals surface area contributed by atoms with Gasteiger partial charge in [0.15, 0.2) is 5.82 Å². The van der Waals surface area contributed by atoms with Crippen LogP contribution in [-0.2, 0) is 0 Å². The minimum atomic E-state index is 0.642. The summed E-state index contributed by atoms with van der Waals surface area (Å²) in [6.45, 7) is 2.06. The minimum absolute atomic E-state index is 0.642. The molecule has 5 heteroatoms. The summed E-state index contributed by atoms with van der Waals surface area (Å²) in [4.78, 5) is 9.10. The van der Waals surface area contributed by atoms with Gasteiger partial charge >= 0.3 is 0 Å². The van der Waals surface area contributed by atoms with Crippen molar-refractivity contribution in [3.8, 4) is 0 Å². The van der Waals surface area contributed by atoms with Crippen molar-refractivity contribution in [1.82, 2.24) is 9.97 Å². The number of hydrogen-bond donors (Lipinski definition) is 1. The first kappa shape index (κ1) is 9.79. The van der Waals surface area contributed by atoms with Gasteiger partial charge in [0.2, 0.25) is 0 Å². The SMILES string of the molecule is Cc1ccsc1/C=N/Nc1cnccn1. The second-order valence-electron chi connectivity index (χ2n) is 2.93. The molecule has 2 rings (SSSR count). The van der Waals surface area contributed by atoms with E-state index in [1.54, 1.807) is 36.1 Å². The number of anilines is 1. The topological polar surface area (TPSA) is 50.2 Å². The van der Waals surface area contributed by atoms with E-state index < -0.39 is 0 Å². The van der Waals surface area contributed by atoms with Gasteiger partial charge in [0.25, 0.3) is 0 Å². The number of thiophene rings is 1. The van der Waals surface area contributed by atoms with E-state index in [4.69, 9.17) is 0 Å². The number of nitrogens with one attached hydrogen (secondary N) is 1. The van der Waals surface area contributed by atoms with E-state index in [2.05, 4.69) is 33.5 Å². The van der Waals surface area contributed by atoms with E-state index in [0.29, 0.717) is 5.82 Å². The molecule has 2 heterocycles. The summed E-state index contributed by atoms with van der Waals surface area (Å²) in [6, 6.07) is 2.06. The van der Waals surface area contributed by atoms with Crippen molar-refractivity contribution in [2.75, 3.05) is 5.43 Å². The maximum Gasteiger partial charge on any atom is 0.164 e. The Labute approximate surface area is 91.7 Å². The number of aryl methyl sites for hydroxylation is 1. The number of rotatable bonds is 3. The van der Waals surface area contributed by atoms with Gasteiger partial charge in [0.1, 0.15) is 0 Å². The molecule has 0 aliphatic heterocycles. The van der Waals surface area contributed by atoms with Crippen molar-refractivity contribution < 1.29 is 0 Å². The highest BCUT2D eigenvalue weighted by molar-refractivity contribution is 7.11. The molecule has 0 radical (unpaired) electrons. The molecule has 15 heavy (non-hydrogen) atoms. The summed E-state index contributed by atoms with van der Waals surface area (Å²) >= 11 is 1.66. The summed E-state index contributed by atoms with van der Waals surface area (Å²) in [5.74, 6) is 0.642. The lowest BCUT2D eigenvalue weighted by atomic mass is 10.3. The summed E-state index contributed by atoms with van der Waals surface area (Å²) in [7, 11) is 0. The monoisotopic (exact) mass is 218 g/mol. The molecule has 2 aromatic heterocycles. The Kier molecular flexibility index (Phi) is 3.04. The molecule has 0 spiro atoms. The largest absolute Gasteiger partial charge is 0.260 e. The van der Waals surface area contributed by atoms with Gasteiger partial charge in [-0.3, -0.25) is 10.4 Å². The molecular weight excluding hydrogens is 208 g/mol. The Morgan fingerprint density at radius 3 is 3.07 bits per heavy atom. The third-order valence-corrected chi connectivity index (χ3v) is 2.78. The van der Waals surface area contributed by atoms with Gasteiger partial charge in [0.05, 0.1) is 12.4 Å². The summed E-state index contributed by atoms with van der Waals surface area (Å²) in [5.41, 5.74) is 4.04. The van der Waals surface area contributed by atoms with Crippen LogP contribution in [-0.4, -0.2) is 16.2 Å². The molecule has 2 aromatic rings. The van der Waals surface area contributed by atoms with Crippen molar-refractivity contribution in [2.24, 2.45) is 5.10 Å². The van der Waals surface area contributed by atoms with Crippen molar-refractivity contribution in [3.63, 3.8) is 0 Å². The van der Waals surface area contributed by atoms with Gasteiger partial charge in [-0.05, 0) is 23.9 Å². The van der Waals surface area contributed by atoms with E-state index in [0.717, 1.165) is 4.88 Å². The second kappa shape index (κ2) is 4.65. The molecule has 0 unspecified atom stereocenters. The third kappa shape index (κ3) is 2.60. The Hall–Kier alpha value is -1.75. The molecular formula is C10H10N4S. The molecule has 0 aliphatic carbocycles. The second-order valence-corrected chi connectivity index (χ2v) is 3.88.